The van der Waals surface area contributed by atoms with Gasteiger partial charge in [0.15, 0.2) is 0 Å². The highest BCUT2D eigenvalue weighted by molar-refractivity contribution is 6.30. The van der Waals surface area contributed by atoms with E-state index in [1.54, 1.807) is 4.90 Å². The van der Waals surface area contributed by atoms with Gasteiger partial charge < -0.3 is 25.6 Å². The molecule has 2 aliphatic heterocycles. The molecule has 0 aromatic heterocycles. The van der Waals surface area contributed by atoms with Crippen LogP contribution >= 0.6 is 23.2 Å². The Morgan fingerprint density at radius 3 is 2.09 bits per heavy atom. The smallest absolute Gasteiger partial charge is 0.410 e. The lowest BCUT2D eigenvalue weighted by atomic mass is 9.99. The number of nitrogens with one attached hydrogen (secondary N) is 3. The van der Waals surface area contributed by atoms with Crippen molar-refractivity contribution in [3.8, 4) is 0 Å². The van der Waals surface area contributed by atoms with Crippen molar-refractivity contribution < 1.29 is 9.53 Å². The minimum absolute atomic E-state index is 0.195. The topological polar surface area (TPSA) is 65.6 Å². The Labute approximate surface area is 219 Å². The van der Waals surface area contributed by atoms with Crippen molar-refractivity contribution in [3.63, 3.8) is 0 Å². The zero-order valence-corrected chi connectivity index (χ0v) is 22.6. The molecule has 2 aromatic carbocycles. The molecule has 0 aliphatic carbocycles. The fourth-order valence-corrected chi connectivity index (χ4v) is 4.14. The number of carbonyl (C=O) groups excluding carboxylic acids is 1. The molecule has 192 valence electrons. The zero-order chi connectivity index (χ0) is 25.4. The summed E-state index contributed by atoms with van der Waals surface area (Å²) in [5, 5.41) is 11.7. The second-order valence-electron chi connectivity index (χ2n) is 10.2. The second-order valence-corrected chi connectivity index (χ2v) is 11.1. The van der Waals surface area contributed by atoms with Crippen LogP contribution in [0.3, 0.4) is 0 Å². The fraction of sp³-hybridized carbons (Fsp3) is 0.519. The number of anilines is 2. The maximum Gasteiger partial charge on any atom is 0.410 e. The number of ether oxygens (including phenoxy) is 1. The maximum absolute atomic E-state index is 12.0. The third kappa shape index (κ3) is 9.43. The Bertz CT molecular complexity index is 928. The highest BCUT2D eigenvalue weighted by Gasteiger charge is 2.34. The molecule has 0 saturated carbocycles. The molecule has 2 aromatic rings. The van der Waals surface area contributed by atoms with Gasteiger partial charge in [-0.3, -0.25) is 0 Å². The predicted octanol–water partition coefficient (Wildman–Crippen LogP) is 6.65. The number of hydrogen-bond acceptors (Lipinski definition) is 5. The number of halogens is 2. The second kappa shape index (κ2) is 12.7. The molecule has 8 heteroatoms. The van der Waals surface area contributed by atoms with Gasteiger partial charge in [-0.15, -0.1) is 0 Å². The van der Waals surface area contributed by atoms with E-state index < -0.39 is 5.60 Å². The summed E-state index contributed by atoms with van der Waals surface area (Å²) in [4.78, 5) is 13.7. The van der Waals surface area contributed by atoms with Gasteiger partial charge >= 0.3 is 6.09 Å². The first-order valence-corrected chi connectivity index (χ1v) is 13.1. The number of rotatable bonds is 7. The monoisotopic (exact) mass is 520 g/mol. The van der Waals surface area contributed by atoms with Crippen LogP contribution in [-0.2, 0) is 4.74 Å². The zero-order valence-electron chi connectivity index (χ0n) is 21.1. The van der Waals surface area contributed by atoms with E-state index in [2.05, 4.69) is 22.9 Å². The summed E-state index contributed by atoms with van der Waals surface area (Å²) in [6.07, 6.45) is 3.27. The first kappa shape index (κ1) is 27.4. The van der Waals surface area contributed by atoms with E-state index in [1.807, 2.05) is 69.3 Å². The van der Waals surface area contributed by atoms with Gasteiger partial charge in [0.05, 0.1) is 6.04 Å². The van der Waals surface area contributed by atoms with Gasteiger partial charge in [0.25, 0.3) is 0 Å². The normalized spacial score (nSPS) is 19.9. The van der Waals surface area contributed by atoms with E-state index in [9.17, 15) is 4.79 Å². The van der Waals surface area contributed by atoms with Gasteiger partial charge in [-0.05, 0) is 102 Å². The van der Waals surface area contributed by atoms with Crippen molar-refractivity contribution >= 4 is 40.7 Å². The van der Waals surface area contributed by atoms with E-state index in [-0.39, 0.29) is 12.1 Å². The third-order valence-corrected chi connectivity index (χ3v) is 6.48. The molecule has 1 unspecified atom stereocenters. The van der Waals surface area contributed by atoms with Crippen LogP contribution in [0.4, 0.5) is 16.2 Å². The average Bonchev–Trinajstić information content (AvgIpc) is 2.72. The molecule has 4 rings (SSSR count). The molecular weight excluding hydrogens is 483 g/mol. The third-order valence-electron chi connectivity index (χ3n) is 5.98. The molecular formula is C27H38Cl2N4O2. The molecule has 0 radical (unpaired) electrons. The summed E-state index contributed by atoms with van der Waals surface area (Å²) >= 11 is 11.7. The number of hydrogen-bond donors (Lipinski definition) is 3. The first-order valence-electron chi connectivity index (χ1n) is 12.3. The van der Waals surface area contributed by atoms with Crippen LogP contribution in [0.25, 0.3) is 0 Å². The maximum atomic E-state index is 12.0. The summed E-state index contributed by atoms with van der Waals surface area (Å²) in [5.41, 5.74) is 1.71. The van der Waals surface area contributed by atoms with Gasteiger partial charge in [-0.1, -0.05) is 23.2 Å². The molecule has 2 aliphatic rings. The lowest BCUT2D eigenvalue weighted by Gasteiger charge is -2.41. The Morgan fingerprint density at radius 1 is 1.06 bits per heavy atom. The summed E-state index contributed by atoms with van der Waals surface area (Å²) in [7, 11) is 0. The minimum atomic E-state index is -0.444. The van der Waals surface area contributed by atoms with E-state index >= 15 is 0 Å². The Balaban J connectivity index is 0.000000203. The fourth-order valence-electron chi connectivity index (χ4n) is 3.88. The Morgan fingerprint density at radius 2 is 1.63 bits per heavy atom. The largest absolute Gasteiger partial charge is 0.444 e. The van der Waals surface area contributed by atoms with E-state index in [0.717, 1.165) is 40.9 Å². The lowest BCUT2D eigenvalue weighted by molar-refractivity contribution is -0.00274. The summed E-state index contributed by atoms with van der Waals surface area (Å²) in [5.74, 6) is 0. The highest BCUT2D eigenvalue weighted by Crippen LogP contribution is 2.22. The summed E-state index contributed by atoms with van der Waals surface area (Å²) in [6.45, 7) is 10.5. The van der Waals surface area contributed by atoms with Crippen molar-refractivity contribution in [3.05, 3.63) is 58.6 Å². The van der Waals surface area contributed by atoms with Crippen LogP contribution in [-0.4, -0.2) is 54.4 Å². The number of amides is 1. The lowest BCUT2D eigenvalue weighted by Crippen LogP contribution is -2.55. The molecule has 3 atom stereocenters. The van der Waals surface area contributed by atoms with Gasteiger partial charge in [0.1, 0.15) is 5.60 Å². The van der Waals surface area contributed by atoms with Gasteiger partial charge in [-0.25, -0.2) is 4.79 Å². The molecule has 2 heterocycles. The summed E-state index contributed by atoms with van der Waals surface area (Å²) < 4.78 is 5.38. The van der Waals surface area contributed by atoms with Crippen molar-refractivity contribution in [2.45, 2.75) is 70.7 Å². The molecule has 3 N–H and O–H groups in total. The van der Waals surface area contributed by atoms with E-state index in [1.165, 1.54) is 19.4 Å². The molecule has 6 nitrogen and oxygen atoms in total. The number of likely N-dealkylation sites (tertiary alicyclic amines) is 1. The van der Waals surface area contributed by atoms with Crippen molar-refractivity contribution in [2.75, 3.05) is 30.3 Å². The van der Waals surface area contributed by atoms with Crippen molar-refractivity contribution in [1.29, 1.82) is 0 Å². The highest BCUT2D eigenvalue weighted by atomic mass is 35.5. The van der Waals surface area contributed by atoms with Crippen LogP contribution in [0.5, 0.6) is 0 Å². The molecule has 0 bridgehead atoms. The molecule has 2 saturated heterocycles. The molecule has 0 spiro atoms. The Hall–Kier alpha value is -2.15. The van der Waals surface area contributed by atoms with Crippen LogP contribution in [0.2, 0.25) is 10.0 Å². The van der Waals surface area contributed by atoms with Crippen molar-refractivity contribution in [2.24, 2.45) is 0 Å². The molecule has 2 fully saturated rings. The van der Waals surface area contributed by atoms with Crippen LogP contribution < -0.4 is 16.0 Å². The number of nitrogens with zero attached hydrogens (tertiary/aromatic N) is 1. The Kier molecular flexibility index (Phi) is 9.96. The molecule has 1 amide bonds. The average molecular weight is 522 g/mol. The molecule has 35 heavy (non-hydrogen) atoms. The standard InChI is InChI=1S/C15H21ClN2O2.C12H17ClN2/c1-15(2,3)20-14(19)18-9-8-13(18)10-17-12-6-4-11(16)5-7-12;1-9(8-12-6-7-14-12)15-11-4-2-10(13)3-5-11/h4-7,13,17H,8-10H2,1-3H3;2-5,9,12,14-15H,6-8H2,1H3/t13-;9-,12?/m00/s1. The van der Waals surface area contributed by atoms with Crippen LogP contribution in [0, 0.1) is 0 Å². The van der Waals surface area contributed by atoms with Gasteiger partial charge in [0.2, 0.25) is 0 Å². The SMILES string of the molecule is CC(C)(C)OC(=O)N1CC[C@H]1CNc1ccc(Cl)cc1.C[C@@H](CC1CCN1)Nc1ccc(Cl)cc1. The minimum Gasteiger partial charge on any atom is -0.444 e. The van der Waals surface area contributed by atoms with Gasteiger partial charge in [0, 0.05) is 46.6 Å². The predicted molar refractivity (Wildman–Crippen MR) is 147 cm³/mol. The summed E-state index contributed by atoms with van der Waals surface area (Å²) in [6, 6.07) is 16.8. The quantitative estimate of drug-likeness (QED) is 0.381. The first-order chi connectivity index (χ1) is 16.6. The number of carbonyl (C=O) groups is 1. The van der Waals surface area contributed by atoms with Crippen LogP contribution in [0.1, 0.15) is 47.0 Å². The van der Waals surface area contributed by atoms with Crippen LogP contribution in [0.15, 0.2) is 48.5 Å². The van der Waals surface area contributed by atoms with Gasteiger partial charge in [-0.2, -0.15) is 0 Å². The van der Waals surface area contributed by atoms with E-state index in [4.69, 9.17) is 27.9 Å². The van der Waals surface area contributed by atoms with Crippen molar-refractivity contribution in [1.82, 2.24) is 10.2 Å². The van der Waals surface area contributed by atoms with E-state index in [0.29, 0.717) is 12.1 Å². The number of benzene rings is 2.